The van der Waals surface area contributed by atoms with Gasteiger partial charge in [-0.1, -0.05) is 67.4 Å². The summed E-state index contributed by atoms with van der Waals surface area (Å²) in [6.07, 6.45) is 6.95. The van der Waals surface area contributed by atoms with E-state index in [9.17, 15) is 0 Å². The minimum Gasteiger partial charge on any atom is -0.347 e. The molecule has 0 amide bonds. The number of likely N-dealkylation sites (N-methyl/N-ethyl adjacent to an activating group) is 1. The Bertz CT molecular complexity index is 1810. The quantitative estimate of drug-likeness (QED) is 0.242. The van der Waals surface area contributed by atoms with Gasteiger partial charge in [-0.05, 0) is 91.9 Å². The maximum atomic E-state index is 2.40. The van der Waals surface area contributed by atoms with Gasteiger partial charge < -0.3 is 4.90 Å². The summed E-state index contributed by atoms with van der Waals surface area (Å²) in [4.78, 5) is 2.40. The maximum absolute atomic E-state index is 2.40. The monoisotopic (exact) mass is 513 g/mol. The van der Waals surface area contributed by atoms with Crippen molar-refractivity contribution in [3.8, 4) is 0 Å². The Morgan fingerprint density at radius 2 is 1.26 bits per heavy atom. The number of benzene rings is 4. The molecular weight excluding hydrogens is 472 g/mol. The van der Waals surface area contributed by atoms with Gasteiger partial charge in [-0.25, -0.2) is 0 Å². The summed E-state index contributed by atoms with van der Waals surface area (Å²) in [5.41, 5.74) is 13.3. The first kappa shape index (κ1) is 25.6. The molecule has 4 aromatic rings. The fourth-order valence-corrected chi connectivity index (χ4v) is 7.46. The topological polar surface area (TPSA) is 6.25 Å². The van der Waals surface area contributed by atoms with Gasteiger partial charge in [0.2, 0.25) is 5.69 Å². The molecule has 2 heteroatoms. The molecule has 198 valence electrons. The third-order valence-electron chi connectivity index (χ3n) is 9.44. The van der Waals surface area contributed by atoms with Crippen LogP contribution >= 0.6 is 0 Å². The number of nitrogens with zero attached hydrogens (tertiary/aromatic N) is 2. The Morgan fingerprint density at radius 1 is 0.692 bits per heavy atom. The first-order chi connectivity index (χ1) is 18.3. The normalized spacial score (nSPS) is 18.7. The number of allylic oxidation sites excluding steroid dienone is 4. The molecule has 0 unspecified atom stereocenters. The van der Waals surface area contributed by atoms with Crippen LogP contribution in [0.1, 0.15) is 61.1 Å². The number of fused-ring (bicyclic) bond motifs is 6. The van der Waals surface area contributed by atoms with Gasteiger partial charge in [0.05, 0.1) is 5.41 Å². The molecule has 0 aliphatic carbocycles. The summed E-state index contributed by atoms with van der Waals surface area (Å²) in [6, 6.07) is 18.6. The lowest BCUT2D eigenvalue weighted by Crippen LogP contribution is -2.27. The van der Waals surface area contributed by atoms with E-state index in [-0.39, 0.29) is 10.8 Å². The minimum atomic E-state index is -0.0917. The lowest BCUT2D eigenvalue weighted by atomic mass is 9.78. The molecule has 0 radical (unpaired) electrons. The molecule has 0 spiro atoms. The molecule has 6 rings (SSSR count). The number of anilines is 1. The molecule has 0 aromatic heterocycles. The standard InChI is InChI=1S/C37H41N2/c1-22-14-16-26-28(18-22)24(3)20-30-34(26)36(5,6)32(38(30)9)12-11-13-33-37(7,8)35-27-17-15-23(2)19-29(27)25(4)21-31(35)39(33)10/h11-21H,1-10H3/q+1. The predicted octanol–water partition coefficient (Wildman–Crippen LogP) is 9.10. The molecule has 2 nitrogen and oxygen atoms in total. The number of hydrogen-bond acceptors (Lipinski definition) is 1. The Labute approximate surface area is 234 Å². The highest BCUT2D eigenvalue weighted by molar-refractivity contribution is 6.08. The molecule has 0 N–H and O–H groups in total. The van der Waals surface area contributed by atoms with Crippen molar-refractivity contribution in [1.29, 1.82) is 0 Å². The van der Waals surface area contributed by atoms with Crippen LogP contribution in [0.15, 0.2) is 72.5 Å². The van der Waals surface area contributed by atoms with Crippen LogP contribution in [0.25, 0.3) is 21.5 Å². The predicted molar refractivity (Wildman–Crippen MR) is 169 cm³/mol. The van der Waals surface area contributed by atoms with E-state index < -0.39 is 0 Å². The van der Waals surface area contributed by atoms with Crippen LogP contribution in [0.3, 0.4) is 0 Å². The second-order valence-corrected chi connectivity index (χ2v) is 12.9. The molecule has 0 saturated carbocycles. The van der Waals surface area contributed by atoms with Crippen molar-refractivity contribution in [1.82, 2.24) is 0 Å². The van der Waals surface area contributed by atoms with E-state index >= 15 is 0 Å². The summed E-state index contributed by atoms with van der Waals surface area (Å²) in [6.45, 7) is 18.3. The Balaban J connectivity index is 1.43. The van der Waals surface area contributed by atoms with Gasteiger partial charge in [-0.3, -0.25) is 0 Å². The molecule has 39 heavy (non-hydrogen) atoms. The highest BCUT2D eigenvalue weighted by Gasteiger charge is 2.45. The Kier molecular flexibility index (Phi) is 5.53. The summed E-state index contributed by atoms with van der Waals surface area (Å²) in [5, 5.41) is 5.48. The van der Waals surface area contributed by atoms with Crippen molar-refractivity contribution < 1.29 is 4.58 Å². The second-order valence-electron chi connectivity index (χ2n) is 12.9. The zero-order chi connectivity index (χ0) is 28.0. The largest absolute Gasteiger partial charge is 0.347 e. The lowest BCUT2D eigenvalue weighted by Gasteiger charge is -2.24. The molecule has 0 atom stereocenters. The highest BCUT2D eigenvalue weighted by atomic mass is 15.2. The SMILES string of the molecule is Cc1ccc2c3c(cc(C)c2c1)[N+](C)=C(/C=C/C=C1/N(C)c2cc(C)c4cc(C)ccc4c2C1(C)C)C3(C)C. The van der Waals surface area contributed by atoms with Gasteiger partial charge in [0.1, 0.15) is 7.05 Å². The second kappa shape index (κ2) is 8.42. The van der Waals surface area contributed by atoms with Crippen molar-refractivity contribution in [2.45, 2.75) is 66.2 Å². The van der Waals surface area contributed by atoms with Crippen LogP contribution in [0, 0.1) is 27.7 Å². The Hall–Kier alpha value is -3.65. The van der Waals surface area contributed by atoms with E-state index in [0.29, 0.717) is 0 Å². The van der Waals surface area contributed by atoms with Crippen molar-refractivity contribution in [2.75, 3.05) is 19.0 Å². The van der Waals surface area contributed by atoms with E-state index in [1.54, 1.807) is 0 Å². The van der Waals surface area contributed by atoms with E-state index in [1.165, 1.54) is 77.7 Å². The van der Waals surface area contributed by atoms with Crippen LogP contribution in [0.2, 0.25) is 0 Å². The fraction of sp³-hybridized carbons (Fsp3) is 0.324. The third kappa shape index (κ3) is 3.57. The van der Waals surface area contributed by atoms with Gasteiger partial charge in [-0.15, -0.1) is 0 Å². The smallest absolute Gasteiger partial charge is 0.210 e. The molecule has 2 heterocycles. The summed E-state index contributed by atoms with van der Waals surface area (Å²) < 4.78 is 2.40. The van der Waals surface area contributed by atoms with Crippen molar-refractivity contribution in [2.24, 2.45) is 0 Å². The average Bonchev–Trinajstić information content (AvgIpc) is 3.17. The number of hydrogen-bond donors (Lipinski definition) is 0. The minimum absolute atomic E-state index is 0.0917. The molecule has 0 saturated heterocycles. The molecule has 0 fully saturated rings. The van der Waals surface area contributed by atoms with Crippen LogP contribution in [-0.2, 0) is 10.8 Å². The van der Waals surface area contributed by atoms with E-state index in [4.69, 9.17) is 0 Å². The highest BCUT2D eigenvalue weighted by Crippen LogP contribution is 2.51. The maximum Gasteiger partial charge on any atom is 0.210 e. The van der Waals surface area contributed by atoms with E-state index in [2.05, 4.69) is 146 Å². The fourth-order valence-electron chi connectivity index (χ4n) is 7.46. The summed E-state index contributed by atoms with van der Waals surface area (Å²) in [5.74, 6) is 0. The number of aryl methyl sites for hydroxylation is 4. The van der Waals surface area contributed by atoms with Crippen molar-refractivity contribution >= 4 is 38.6 Å². The van der Waals surface area contributed by atoms with Gasteiger partial charge in [0.15, 0.2) is 5.71 Å². The zero-order valence-electron chi connectivity index (χ0n) is 25.2. The summed E-state index contributed by atoms with van der Waals surface area (Å²) in [7, 11) is 4.44. The summed E-state index contributed by atoms with van der Waals surface area (Å²) >= 11 is 0. The molecule has 4 aromatic carbocycles. The van der Waals surface area contributed by atoms with E-state index in [1.807, 2.05) is 0 Å². The third-order valence-corrected chi connectivity index (χ3v) is 9.44. The molecule has 2 aliphatic heterocycles. The molecule has 2 aliphatic rings. The number of rotatable bonds is 2. The lowest BCUT2D eigenvalue weighted by molar-refractivity contribution is -0.401. The first-order valence-corrected chi connectivity index (χ1v) is 14.2. The van der Waals surface area contributed by atoms with E-state index in [0.717, 1.165) is 0 Å². The van der Waals surface area contributed by atoms with Crippen LogP contribution in [-0.4, -0.2) is 24.4 Å². The van der Waals surface area contributed by atoms with Crippen LogP contribution in [0.5, 0.6) is 0 Å². The van der Waals surface area contributed by atoms with Gasteiger partial charge in [0, 0.05) is 41.6 Å². The zero-order valence-corrected chi connectivity index (χ0v) is 25.2. The molecular formula is C37H41N2+. The van der Waals surface area contributed by atoms with Crippen LogP contribution < -0.4 is 4.90 Å². The van der Waals surface area contributed by atoms with Gasteiger partial charge >= 0.3 is 0 Å². The average molecular weight is 514 g/mol. The van der Waals surface area contributed by atoms with Gasteiger partial charge in [-0.2, -0.15) is 4.58 Å². The van der Waals surface area contributed by atoms with Gasteiger partial charge in [0.25, 0.3) is 0 Å². The van der Waals surface area contributed by atoms with Crippen LogP contribution in [0.4, 0.5) is 11.4 Å². The van der Waals surface area contributed by atoms with Crippen molar-refractivity contribution in [3.63, 3.8) is 0 Å². The Morgan fingerprint density at radius 3 is 1.87 bits per heavy atom. The van der Waals surface area contributed by atoms with Crippen molar-refractivity contribution in [3.05, 3.63) is 106 Å². The first-order valence-electron chi connectivity index (χ1n) is 14.2. The molecule has 0 bridgehead atoms.